The third-order valence-corrected chi connectivity index (χ3v) is 2.65. The van der Waals surface area contributed by atoms with Crippen molar-refractivity contribution in [3.05, 3.63) is 16.8 Å². The van der Waals surface area contributed by atoms with Crippen LogP contribution >= 0.6 is 15.9 Å². The molecule has 0 aromatic carbocycles. The highest BCUT2D eigenvalue weighted by atomic mass is 79.9. The smallest absolute Gasteiger partial charge is 0.264 e. The van der Waals surface area contributed by atoms with Crippen LogP contribution in [0.2, 0.25) is 0 Å². The summed E-state index contributed by atoms with van der Waals surface area (Å²) >= 11 is 3.16. The van der Waals surface area contributed by atoms with Gasteiger partial charge in [0.25, 0.3) is 4.80 Å². The van der Waals surface area contributed by atoms with E-state index in [4.69, 9.17) is 10.2 Å². The maximum Gasteiger partial charge on any atom is 0.264 e. The Labute approximate surface area is 79.5 Å². The van der Waals surface area contributed by atoms with E-state index >= 15 is 0 Å². The molecule has 2 rings (SSSR count). The van der Waals surface area contributed by atoms with Crippen LogP contribution in [0, 0.1) is 0 Å². The Morgan fingerprint density at radius 3 is 2.92 bits per heavy atom. The van der Waals surface area contributed by atoms with E-state index in [-0.39, 0.29) is 5.54 Å². The maximum absolute atomic E-state index is 5.93. The van der Waals surface area contributed by atoms with Crippen molar-refractivity contribution in [3.8, 4) is 0 Å². The van der Waals surface area contributed by atoms with Gasteiger partial charge in [0, 0.05) is 27.9 Å². The van der Waals surface area contributed by atoms with Gasteiger partial charge in [-0.2, -0.15) is 0 Å². The fourth-order valence-electron chi connectivity index (χ4n) is 1.18. The van der Waals surface area contributed by atoms with Crippen molar-refractivity contribution in [2.45, 2.75) is 31.2 Å². The number of nitrogens with zero attached hydrogens (tertiary/aromatic N) is 1. The van der Waals surface area contributed by atoms with Crippen LogP contribution in [-0.4, -0.2) is 10.5 Å². The van der Waals surface area contributed by atoms with Crippen molar-refractivity contribution in [2.75, 3.05) is 0 Å². The van der Waals surface area contributed by atoms with Crippen LogP contribution in [0.25, 0.3) is 0 Å². The molecule has 1 fully saturated rings. The van der Waals surface area contributed by atoms with Gasteiger partial charge in [-0.25, -0.2) is 4.98 Å². The van der Waals surface area contributed by atoms with Crippen molar-refractivity contribution < 1.29 is 4.42 Å². The molecule has 1 heterocycles. The van der Waals surface area contributed by atoms with E-state index in [1.807, 2.05) is 0 Å². The lowest BCUT2D eigenvalue weighted by atomic mass is 10.1. The van der Waals surface area contributed by atoms with Gasteiger partial charge in [-0.05, 0) is 19.3 Å². The second-order valence-corrected chi connectivity index (χ2v) is 4.12. The normalized spacial score (nSPS) is 19.5. The zero-order chi connectivity index (χ0) is 8.60. The van der Waals surface area contributed by atoms with Crippen molar-refractivity contribution in [3.63, 3.8) is 0 Å². The summed E-state index contributed by atoms with van der Waals surface area (Å²) in [5.74, 6) is 0.915. The largest absolute Gasteiger partial charge is 0.436 e. The van der Waals surface area contributed by atoms with Crippen molar-refractivity contribution in [1.82, 2.24) is 4.98 Å². The van der Waals surface area contributed by atoms with Crippen molar-refractivity contribution in [1.29, 1.82) is 0 Å². The Kier molecular flexibility index (Phi) is 1.96. The lowest BCUT2D eigenvalue weighted by molar-refractivity contribution is 0.459. The fourth-order valence-corrected chi connectivity index (χ4v) is 1.49. The van der Waals surface area contributed by atoms with Crippen LogP contribution in [0.4, 0.5) is 0 Å². The minimum absolute atomic E-state index is 0.110. The van der Waals surface area contributed by atoms with Crippen molar-refractivity contribution >= 4 is 15.9 Å². The average molecular weight is 231 g/mol. The lowest BCUT2D eigenvalue weighted by Crippen LogP contribution is -2.21. The SMILES string of the molecule is NC1(CCc2cnc(Br)o2)CC1. The molecule has 0 saturated heterocycles. The fraction of sp³-hybridized carbons (Fsp3) is 0.625. The summed E-state index contributed by atoms with van der Waals surface area (Å²) in [5.41, 5.74) is 6.04. The molecule has 0 radical (unpaired) electrons. The monoisotopic (exact) mass is 230 g/mol. The van der Waals surface area contributed by atoms with Crippen LogP contribution in [-0.2, 0) is 6.42 Å². The zero-order valence-electron chi connectivity index (χ0n) is 6.72. The quantitative estimate of drug-likeness (QED) is 0.863. The molecule has 0 atom stereocenters. The number of aromatic nitrogens is 1. The van der Waals surface area contributed by atoms with Gasteiger partial charge in [0.15, 0.2) is 0 Å². The average Bonchev–Trinajstić information content (AvgIpc) is 2.60. The summed E-state index contributed by atoms with van der Waals surface area (Å²) in [4.78, 5) is 4.50. The first-order chi connectivity index (χ1) is 5.68. The van der Waals surface area contributed by atoms with Crippen LogP contribution in [0.1, 0.15) is 25.0 Å². The summed E-state index contributed by atoms with van der Waals surface area (Å²) in [6.45, 7) is 0. The molecule has 1 aromatic heterocycles. The number of nitrogens with two attached hydrogens (primary N) is 1. The highest BCUT2D eigenvalue weighted by Crippen LogP contribution is 2.36. The van der Waals surface area contributed by atoms with E-state index < -0.39 is 0 Å². The molecule has 1 aromatic rings. The summed E-state index contributed by atoms with van der Waals surface area (Å²) in [6, 6.07) is 0. The van der Waals surface area contributed by atoms with Gasteiger partial charge < -0.3 is 10.2 Å². The molecule has 1 aliphatic carbocycles. The molecule has 1 aliphatic rings. The minimum Gasteiger partial charge on any atom is -0.436 e. The Hall–Kier alpha value is -0.350. The van der Waals surface area contributed by atoms with Gasteiger partial charge in [0.1, 0.15) is 5.76 Å². The van der Waals surface area contributed by atoms with E-state index in [2.05, 4.69) is 20.9 Å². The van der Waals surface area contributed by atoms with Crippen LogP contribution < -0.4 is 5.73 Å². The Morgan fingerprint density at radius 1 is 1.67 bits per heavy atom. The summed E-state index contributed by atoms with van der Waals surface area (Å²) in [7, 11) is 0. The molecule has 0 unspecified atom stereocenters. The molecule has 3 nitrogen and oxygen atoms in total. The summed E-state index contributed by atoms with van der Waals surface area (Å²) < 4.78 is 5.26. The van der Waals surface area contributed by atoms with Gasteiger partial charge in [-0.1, -0.05) is 0 Å². The predicted molar refractivity (Wildman–Crippen MR) is 48.7 cm³/mol. The zero-order valence-corrected chi connectivity index (χ0v) is 8.30. The van der Waals surface area contributed by atoms with Crippen molar-refractivity contribution in [2.24, 2.45) is 5.73 Å². The second-order valence-electron chi connectivity index (χ2n) is 3.44. The molecule has 2 N–H and O–H groups in total. The summed E-state index contributed by atoms with van der Waals surface area (Å²) in [5, 5.41) is 0. The highest BCUT2D eigenvalue weighted by Gasteiger charge is 2.37. The number of rotatable bonds is 3. The van der Waals surface area contributed by atoms with Crippen LogP contribution in [0.15, 0.2) is 15.4 Å². The number of hydrogen-bond donors (Lipinski definition) is 1. The first kappa shape index (κ1) is 8.26. The molecule has 0 aliphatic heterocycles. The molecule has 4 heteroatoms. The number of halogens is 1. The Morgan fingerprint density at radius 2 is 2.42 bits per heavy atom. The Bertz CT molecular complexity index is 280. The van der Waals surface area contributed by atoms with Gasteiger partial charge in [-0.3, -0.25) is 0 Å². The van der Waals surface area contributed by atoms with Gasteiger partial charge >= 0.3 is 0 Å². The second kappa shape index (κ2) is 2.85. The first-order valence-corrected chi connectivity index (χ1v) is 4.86. The van der Waals surface area contributed by atoms with E-state index in [1.165, 1.54) is 0 Å². The molecule has 0 spiro atoms. The van der Waals surface area contributed by atoms with E-state index in [0.717, 1.165) is 31.4 Å². The van der Waals surface area contributed by atoms with Gasteiger partial charge in [0.05, 0.1) is 6.20 Å². The molecular weight excluding hydrogens is 220 g/mol. The van der Waals surface area contributed by atoms with E-state index in [0.29, 0.717) is 4.80 Å². The molecule has 12 heavy (non-hydrogen) atoms. The van der Waals surface area contributed by atoms with Crippen LogP contribution in [0.3, 0.4) is 0 Å². The minimum atomic E-state index is 0.110. The highest BCUT2D eigenvalue weighted by molar-refractivity contribution is 9.10. The Balaban J connectivity index is 1.87. The van der Waals surface area contributed by atoms with Crippen LogP contribution in [0.5, 0.6) is 0 Å². The topological polar surface area (TPSA) is 52.0 Å². The standard InChI is InChI=1S/C8H11BrN2O/c9-7-11-5-6(12-7)1-2-8(10)3-4-8/h5H,1-4,10H2. The third-order valence-electron chi connectivity index (χ3n) is 2.29. The number of hydrogen-bond acceptors (Lipinski definition) is 3. The van der Waals surface area contributed by atoms with E-state index in [1.54, 1.807) is 6.20 Å². The number of aryl methyl sites for hydroxylation is 1. The molecule has 0 amide bonds. The van der Waals surface area contributed by atoms with E-state index in [9.17, 15) is 0 Å². The molecule has 0 bridgehead atoms. The van der Waals surface area contributed by atoms with Gasteiger partial charge in [0.2, 0.25) is 0 Å². The molecule has 1 saturated carbocycles. The summed E-state index contributed by atoms with van der Waals surface area (Å²) in [6.07, 6.45) is 5.96. The lowest BCUT2D eigenvalue weighted by Gasteiger charge is -2.04. The van der Waals surface area contributed by atoms with Gasteiger partial charge in [-0.15, -0.1) is 0 Å². The first-order valence-electron chi connectivity index (χ1n) is 4.07. The predicted octanol–water partition coefficient (Wildman–Crippen LogP) is 1.86. The third kappa shape index (κ3) is 1.87. The maximum atomic E-state index is 5.93. The molecular formula is C8H11BrN2O. The molecule has 66 valence electrons. The number of oxazole rings is 1.